The molecule has 3 nitrogen and oxygen atoms in total. The van der Waals surface area contributed by atoms with E-state index < -0.39 is 0 Å². The van der Waals surface area contributed by atoms with Gasteiger partial charge >= 0.3 is 0 Å². The Bertz CT molecular complexity index is 695. The lowest BCUT2D eigenvalue weighted by Crippen LogP contribution is -2.45. The number of ether oxygens (including phenoxy) is 2. The summed E-state index contributed by atoms with van der Waals surface area (Å²) in [7, 11) is 0. The number of benzene rings is 1. The van der Waals surface area contributed by atoms with E-state index in [4.69, 9.17) is 9.47 Å². The summed E-state index contributed by atoms with van der Waals surface area (Å²) < 4.78 is 11.9. The fraction of sp³-hybridized carbons (Fsp3) is 0.583. The van der Waals surface area contributed by atoms with Gasteiger partial charge in [-0.05, 0) is 55.4 Å². The lowest BCUT2D eigenvalue weighted by molar-refractivity contribution is -0.124. The van der Waals surface area contributed by atoms with Crippen LogP contribution in [0.1, 0.15) is 45.1 Å². The third-order valence-electron chi connectivity index (χ3n) is 7.25. The van der Waals surface area contributed by atoms with Gasteiger partial charge in [-0.15, -0.1) is 0 Å². The van der Waals surface area contributed by atoms with Gasteiger partial charge in [0.1, 0.15) is 6.79 Å². The Labute approximate surface area is 163 Å². The number of hydrogen-bond donors (Lipinski definition) is 1. The topological polar surface area (TPSA) is 38.7 Å². The minimum atomic E-state index is -0.273. The van der Waals surface area contributed by atoms with E-state index in [1.807, 2.05) is 18.2 Å². The van der Waals surface area contributed by atoms with Crippen LogP contribution >= 0.6 is 0 Å². The van der Waals surface area contributed by atoms with Crippen molar-refractivity contribution in [1.82, 2.24) is 0 Å². The maximum absolute atomic E-state index is 11.3. The molecule has 3 heteroatoms. The van der Waals surface area contributed by atoms with Gasteiger partial charge in [-0.25, -0.2) is 0 Å². The van der Waals surface area contributed by atoms with Crippen molar-refractivity contribution in [1.29, 1.82) is 0 Å². The maximum Gasteiger partial charge on any atom is 0.147 e. The third kappa shape index (κ3) is 3.65. The molecule has 0 aliphatic heterocycles. The average Bonchev–Trinajstić information content (AvgIpc) is 3.29. The minimum absolute atomic E-state index is 0.0732. The van der Waals surface area contributed by atoms with Crippen molar-refractivity contribution in [2.75, 3.05) is 6.79 Å². The molecule has 1 aromatic rings. The van der Waals surface area contributed by atoms with Crippen molar-refractivity contribution in [3.63, 3.8) is 0 Å². The van der Waals surface area contributed by atoms with Crippen LogP contribution in [0.4, 0.5) is 0 Å². The highest BCUT2D eigenvalue weighted by Gasteiger charge is 2.53. The molecule has 146 valence electrons. The summed E-state index contributed by atoms with van der Waals surface area (Å²) in [6.07, 6.45) is 10.8. The molecule has 0 saturated heterocycles. The van der Waals surface area contributed by atoms with E-state index in [0.29, 0.717) is 31.2 Å². The van der Waals surface area contributed by atoms with Gasteiger partial charge in [0.25, 0.3) is 0 Å². The molecule has 27 heavy (non-hydrogen) atoms. The quantitative estimate of drug-likeness (QED) is 0.458. The monoisotopic (exact) mass is 368 g/mol. The molecule has 3 aliphatic carbocycles. The first-order chi connectivity index (χ1) is 13.1. The van der Waals surface area contributed by atoms with Crippen molar-refractivity contribution < 1.29 is 14.6 Å². The average molecular weight is 369 g/mol. The lowest BCUT2D eigenvalue weighted by Gasteiger charge is -2.43. The molecular weight excluding hydrogens is 336 g/mol. The molecule has 0 aromatic heterocycles. The number of rotatable bonds is 5. The van der Waals surface area contributed by atoms with Gasteiger partial charge in [0, 0.05) is 5.92 Å². The Morgan fingerprint density at radius 3 is 2.81 bits per heavy atom. The zero-order valence-electron chi connectivity index (χ0n) is 16.5. The van der Waals surface area contributed by atoms with Crippen LogP contribution in [0.2, 0.25) is 0 Å². The van der Waals surface area contributed by atoms with Crippen LogP contribution in [-0.4, -0.2) is 24.1 Å². The molecule has 3 aliphatic rings. The smallest absolute Gasteiger partial charge is 0.147 e. The van der Waals surface area contributed by atoms with Crippen LogP contribution in [0.3, 0.4) is 0 Å². The van der Waals surface area contributed by atoms with E-state index in [2.05, 4.69) is 44.2 Å². The molecule has 0 spiro atoms. The van der Waals surface area contributed by atoms with Crippen LogP contribution in [0.15, 0.2) is 54.1 Å². The number of aliphatic hydroxyl groups is 1. The van der Waals surface area contributed by atoms with Crippen molar-refractivity contribution in [3.05, 3.63) is 59.7 Å². The predicted octanol–water partition coefficient (Wildman–Crippen LogP) is 4.87. The van der Waals surface area contributed by atoms with Crippen LogP contribution in [0, 0.1) is 23.2 Å². The van der Waals surface area contributed by atoms with E-state index in [-0.39, 0.29) is 17.6 Å². The Morgan fingerprint density at radius 2 is 2.00 bits per heavy atom. The highest BCUT2D eigenvalue weighted by molar-refractivity contribution is 5.22. The van der Waals surface area contributed by atoms with Crippen LogP contribution < -0.4 is 0 Å². The van der Waals surface area contributed by atoms with Crippen molar-refractivity contribution in [3.8, 4) is 0 Å². The number of aliphatic hydroxyl groups excluding tert-OH is 1. The number of hydrogen-bond acceptors (Lipinski definition) is 3. The SMILES string of the molecule is C/C1=C/C[C@@H]2C(OCOCc3ccccc3)CC[C@]2(C)[C@H](O)[C@@H]2CC=C[C@H]12. The Morgan fingerprint density at radius 1 is 1.19 bits per heavy atom. The highest BCUT2D eigenvalue weighted by Crippen LogP contribution is 2.54. The minimum Gasteiger partial charge on any atom is -0.392 e. The summed E-state index contributed by atoms with van der Waals surface area (Å²) in [6, 6.07) is 10.2. The second-order valence-electron chi connectivity index (χ2n) is 8.79. The van der Waals surface area contributed by atoms with Gasteiger partial charge in [0.05, 0.1) is 18.8 Å². The summed E-state index contributed by atoms with van der Waals surface area (Å²) in [6.45, 7) is 5.39. The van der Waals surface area contributed by atoms with Crippen LogP contribution in [0.25, 0.3) is 0 Å². The first-order valence-corrected chi connectivity index (χ1v) is 10.3. The summed E-state index contributed by atoms with van der Waals surface area (Å²) in [4.78, 5) is 0. The number of fused-ring (bicyclic) bond motifs is 2. The lowest BCUT2D eigenvalue weighted by atomic mass is 9.64. The Balaban J connectivity index is 1.40. The molecule has 0 amide bonds. The van der Waals surface area contributed by atoms with Gasteiger partial charge in [-0.2, -0.15) is 0 Å². The first kappa shape index (κ1) is 18.9. The van der Waals surface area contributed by atoms with E-state index >= 15 is 0 Å². The van der Waals surface area contributed by atoms with Crippen LogP contribution in [-0.2, 0) is 16.1 Å². The normalized spacial score (nSPS) is 40.0. The Kier molecular flexibility index (Phi) is 5.54. The van der Waals surface area contributed by atoms with E-state index in [1.165, 1.54) is 5.57 Å². The molecule has 4 rings (SSSR count). The number of allylic oxidation sites excluding steroid dienone is 4. The molecule has 0 heterocycles. The summed E-state index contributed by atoms with van der Waals surface area (Å²) in [5.74, 6) is 1.08. The molecule has 1 N–H and O–H groups in total. The second kappa shape index (κ2) is 7.90. The van der Waals surface area contributed by atoms with Gasteiger partial charge < -0.3 is 14.6 Å². The predicted molar refractivity (Wildman–Crippen MR) is 107 cm³/mol. The molecule has 6 atom stereocenters. The maximum atomic E-state index is 11.3. The fourth-order valence-corrected chi connectivity index (χ4v) is 5.55. The molecular formula is C24H32O3. The standard InChI is InChI=1S/C24H32O3/c1-17-11-12-21-22(27-16-26-15-18-7-4-3-5-8-18)13-14-24(21,2)23(25)20-10-6-9-19(17)20/h3-9,11,19-23,25H,10,12-16H2,1-2H3/b17-11-/t19-,20-,21-,22?,23-,24+/m1/s1. The van der Waals surface area contributed by atoms with Crippen molar-refractivity contribution in [2.24, 2.45) is 23.2 Å². The van der Waals surface area contributed by atoms with E-state index in [0.717, 1.165) is 31.2 Å². The fourth-order valence-electron chi connectivity index (χ4n) is 5.55. The van der Waals surface area contributed by atoms with Crippen LogP contribution in [0.5, 0.6) is 0 Å². The zero-order valence-corrected chi connectivity index (χ0v) is 16.5. The first-order valence-electron chi connectivity index (χ1n) is 10.3. The molecule has 1 fully saturated rings. The highest BCUT2D eigenvalue weighted by atomic mass is 16.7. The molecule has 0 radical (unpaired) electrons. The second-order valence-corrected chi connectivity index (χ2v) is 8.79. The third-order valence-corrected chi connectivity index (χ3v) is 7.25. The van der Waals surface area contributed by atoms with Gasteiger partial charge in [0.2, 0.25) is 0 Å². The molecule has 1 aromatic carbocycles. The van der Waals surface area contributed by atoms with Crippen molar-refractivity contribution in [2.45, 2.75) is 58.3 Å². The van der Waals surface area contributed by atoms with E-state index in [9.17, 15) is 5.11 Å². The largest absolute Gasteiger partial charge is 0.392 e. The Hall–Kier alpha value is -1.42. The van der Waals surface area contributed by atoms with Crippen molar-refractivity contribution >= 4 is 0 Å². The zero-order chi connectivity index (χ0) is 18.9. The molecule has 1 saturated carbocycles. The van der Waals surface area contributed by atoms with Gasteiger partial charge in [0.15, 0.2) is 0 Å². The van der Waals surface area contributed by atoms with Gasteiger partial charge in [-0.3, -0.25) is 0 Å². The molecule has 0 bridgehead atoms. The van der Waals surface area contributed by atoms with Gasteiger partial charge in [-0.1, -0.05) is 61.1 Å². The summed E-state index contributed by atoms with van der Waals surface area (Å²) in [5.41, 5.74) is 2.49. The van der Waals surface area contributed by atoms with E-state index in [1.54, 1.807) is 0 Å². The summed E-state index contributed by atoms with van der Waals surface area (Å²) >= 11 is 0. The summed E-state index contributed by atoms with van der Waals surface area (Å²) in [5, 5.41) is 11.3. The molecule has 1 unspecified atom stereocenters.